The highest BCUT2D eigenvalue weighted by molar-refractivity contribution is 7.90. The first-order valence-corrected chi connectivity index (χ1v) is 12.7. The summed E-state index contributed by atoms with van der Waals surface area (Å²) in [4.78, 5) is 19.0. The van der Waals surface area contributed by atoms with Crippen LogP contribution in [-0.4, -0.2) is 56.9 Å². The van der Waals surface area contributed by atoms with Crippen LogP contribution in [0, 0.1) is 0 Å². The number of alkyl halides is 3. The maximum Gasteiger partial charge on any atom is 0.425 e. The van der Waals surface area contributed by atoms with Crippen LogP contribution in [-0.2, 0) is 22.9 Å². The summed E-state index contributed by atoms with van der Waals surface area (Å²) in [7, 11) is -3.73. The third kappa shape index (κ3) is 4.19. The Kier molecular flexibility index (Phi) is 5.54. The van der Waals surface area contributed by atoms with E-state index in [-0.39, 0.29) is 29.3 Å². The monoisotopic (exact) mass is 519 g/mol. The summed E-state index contributed by atoms with van der Waals surface area (Å²) >= 11 is 0. The average molecular weight is 520 g/mol. The normalized spacial score (nSPS) is 14.8. The molecule has 1 atom stereocenters. The van der Waals surface area contributed by atoms with Gasteiger partial charge in [-0.15, -0.1) is 0 Å². The van der Waals surface area contributed by atoms with E-state index in [1.54, 1.807) is 23.3 Å². The first-order chi connectivity index (χ1) is 16.9. The third-order valence-corrected chi connectivity index (χ3v) is 7.05. The third-order valence-electron chi connectivity index (χ3n) is 5.94. The van der Waals surface area contributed by atoms with Gasteiger partial charge in [-0.05, 0) is 37.3 Å². The van der Waals surface area contributed by atoms with Crippen molar-refractivity contribution in [3.63, 3.8) is 0 Å². The molecule has 4 aromatic rings. The van der Waals surface area contributed by atoms with Gasteiger partial charge < -0.3 is 9.64 Å². The zero-order valence-corrected chi connectivity index (χ0v) is 19.9. The summed E-state index contributed by atoms with van der Waals surface area (Å²) in [5.41, 5.74) is 1.91. The molecule has 5 rings (SSSR count). The van der Waals surface area contributed by atoms with Gasteiger partial charge in [-0.1, -0.05) is 6.07 Å². The van der Waals surface area contributed by atoms with E-state index in [1.807, 2.05) is 22.6 Å². The van der Waals surface area contributed by atoms with Crippen molar-refractivity contribution in [1.29, 1.82) is 0 Å². The number of halogens is 3. The van der Waals surface area contributed by atoms with E-state index in [0.29, 0.717) is 11.5 Å². The molecule has 4 heterocycles. The molecule has 13 heteroatoms. The molecule has 0 N–H and O–H groups in total. The maximum absolute atomic E-state index is 13.5. The Balaban J connectivity index is 1.49. The molecule has 36 heavy (non-hydrogen) atoms. The molecular formula is C23H20F3N5O4S. The Morgan fingerprint density at radius 1 is 1.17 bits per heavy atom. The van der Waals surface area contributed by atoms with Gasteiger partial charge >= 0.3 is 6.18 Å². The Morgan fingerprint density at radius 2 is 1.94 bits per heavy atom. The highest BCUT2D eigenvalue weighted by Crippen LogP contribution is 2.32. The van der Waals surface area contributed by atoms with Crippen molar-refractivity contribution in [3.8, 4) is 11.6 Å². The van der Waals surface area contributed by atoms with Gasteiger partial charge in [0.15, 0.2) is 15.9 Å². The van der Waals surface area contributed by atoms with Crippen molar-refractivity contribution in [2.45, 2.75) is 37.2 Å². The molecule has 0 saturated heterocycles. The van der Waals surface area contributed by atoms with E-state index < -0.39 is 28.0 Å². The molecule has 0 radical (unpaired) electrons. The van der Waals surface area contributed by atoms with Gasteiger partial charge in [-0.3, -0.25) is 9.20 Å². The Labute approximate surface area is 203 Å². The molecule has 9 nitrogen and oxygen atoms in total. The van der Waals surface area contributed by atoms with Crippen molar-refractivity contribution in [1.82, 2.24) is 24.1 Å². The number of hydrogen-bond donors (Lipinski definition) is 0. The number of pyridine rings is 1. The fraction of sp³-hybridized carbons (Fsp3) is 0.261. The number of hydrogen-bond acceptors (Lipinski definition) is 6. The lowest BCUT2D eigenvalue weighted by Gasteiger charge is -2.22. The number of sulfone groups is 1. The van der Waals surface area contributed by atoms with E-state index >= 15 is 0 Å². The SMILES string of the molecule is C[C@H](Oc1ccc(S(C)(=O)=O)cc1C(=O)N1Cc2cnn(-c3cccc4nccn34)c2C1)C(F)(F)F. The number of imidazole rings is 1. The predicted octanol–water partition coefficient (Wildman–Crippen LogP) is 3.41. The van der Waals surface area contributed by atoms with Crippen LogP contribution in [0.25, 0.3) is 11.5 Å². The molecule has 0 unspecified atom stereocenters. The number of carbonyl (C=O) groups excluding carboxylic acids is 1. The second-order valence-corrected chi connectivity index (χ2v) is 10.5. The molecule has 0 spiro atoms. The number of fused-ring (bicyclic) bond motifs is 2. The minimum Gasteiger partial charge on any atom is -0.480 e. The van der Waals surface area contributed by atoms with Gasteiger partial charge in [0.05, 0.1) is 28.9 Å². The standard InChI is InChI=1S/C23H20F3N5O4S/c1-14(23(24,25)26)35-19-7-6-16(36(2,33)34)10-17(19)22(32)29-12-15-11-28-31(18(15)13-29)21-5-3-4-20-27-8-9-30(20)21/h3-11,14H,12-13H2,1-2H3/t14-/m0/s1. The van der Waals surface area contributed by atoms with Crippen LogP contribution in [0.15, 0.2) is 59.9 Å². The maximum atomic E-state index is 13.5. The lowest BCUT2D eigenvalue weighted by Crippen LogP contribution is -2.33. The molecule has 3 aromatic heterocycles. The summed E-state index contributed by atoms with van der Waals surface area (Å²) < 4.78 is 72.1. The zero-order valence-electron chi connectivity index (χ0n) is 19.1. The summed E-state index contributed by atoms with van der Waals surface area (Å²) in [6.45, 7) is 1.07. The first kappa shape index (κ1) is 23.9. The minimum atomic E-state index is -4.67. The first-order valence-electron chi connectivity index (χ1n) is 10.8. The molecule has 188 valence electrons. The summed E-state index contributed by atoms with van der Waals surface area (Å²) in [5.74, 6) is -0.311. The second-order valence-electron chi connectivity index (χ2n) is 8.46. The molecule has 0 fully saturated rings. The molecular weight excluding hydrogens is 499 g/mol. The average Bonchev–Trinajstić information content (AvgIpc) is 3.53. The molecule has 0 saturated carbocycles. The molecule has 1 aliphatic heterocycles. The van der Waals surface area contributed by atoms with Gasteiger partial charge in [0.2, 0.25) is 0 Å². The highest BCUT2D eigenvalue weighted by Gasteiger charge is 2.39. The lowest BCUT2D eigenvalue weighted by atomic mass is 10.1. The van der Waals surface area contributed by atoms with Crippen LogP contribution in [0.3, 0.4) is 0 Å². The van der Waals surface area contributed by atoms with Crippen LogP contribution < -0.4 is 4.74 Å². The smallest absolute Gasteiger partial charge is 0.425 e. The van der Waals surface area contributed by atoms with Gasteiger partial charge in [0.1, 0.15) is 17.2 Å². The van der Waals surface area contributed by atoms with Crippen molar-refractivity contribution in [2.24, 2.45) is 0 Å². The quantitative estimate of drug-likeness (QED) is 0.401. The summed E-state index contributed by atoms with van der Waals surface area (Å²) in [6, 6.07) is 8.75. The van der Waals surface area contributed by atoms with E-state index in [4.69, 9.17) is 4.74 Å². The number of ether oxygens (including phenoxy) is 1. The van der Waals surface area contributed by atoms with E-state index in [2.05, 4.69) is 10.1 Å². The van der Waals surface area contributed by atoms with Crippen LogP contribution in [0.1, 0.15) is 28.5 Å². The topological polar surface area (TPSA) is 98.8 Å². The van der Waals surface area contributed by atoms with Crippen molar-refractivity contribution in [3.05, 3.63) is 71.8 Å². The van der Waals surface area contributed by atoms with Crippen LogP contribution >= 0.6 is 0 Å². The number of nitrogens with zero attached hydrogens (tertiary/aromatic N) is 5. The van der Waals surface area contributed by atoms with E-state index in [1.165, 1.54) is 4.90 Å². The van der Waals surface area contributed by atoms with Crippen LogP contribution in [0.4, 0.5) is 13.2 Å². The number of benzene rings is 1. The Bertz CT molecular complexity index is 1590. The van der Waals surface area contributed by atoms with Gasteiger partial charge in [0.25, 0.3) is 5.91 Å². The molecule has 0 aliphatic carbocycles. The number of amides is 1. The van der Waals surface area contributed by atoms with Gasteiger partial charge in [-0.25, -0.2) is 18.1 Å². The number of rotatable bonds is 5. The number of carbonyl (C=O) groups is 1. The predicted molar refractivity (Wildman–Crippen MR) is 122 cm³/mol. The lowest BCUT2D eigenvalue weighted by molar-refractivity contribution is -0.189. The fourth-order valence-electron chi connectivity index (χ4n) is 4.03. The Morgan fingerprint density at radius 3 is 2.67 bits per heavy atom. The van der Waals surface area contributed by atoms with Crippen molar-refractivity contribution in [2.75, 3.05) is 6.26 Å². The highest BCUT2D eigenvalue weighted by atomic mass is 32.2. The summed E-state index contributed by atoms with van der Waals surface area (Å²) in [6.07, 6.45) is -0.874. The molecule has 1 amide bonds. The minimum absolute atomic E-state index is 0.108. The Hall–Kier alpha value is -3.87. The fourth-order valence-corrected chi connectivity index (χ4v) is 4.68. The van der Waals surface area contributed by atoms with E-state index in [0.717, 1.165) is 42.6 Å². The number of aromatic nitrogens is 4. The van der Waals surface area contributed by atoms with E-state index in [9.17, 15) is 26.4 Å². The van der Waals surface area contributed by atoms with Crippen LogP contribution in [0.5, 0.6) is 5.75 Å². The summed E-state index contributed by atoms with van der Waals surface area (Å²) in [5, 5.41) is 4.44. The molecule has 1 aromatic carbocycles. The van der Waals surface area contributed by atoms with Crippen molar-refractivity contribution >= 4 is 21.4 Å². The zero-order chi connectivity index (χ0) is 25.8. The largest absolute Gasteiger partial charge is 0.480 e. The van der Waals surface area contributed by atoms with Gasteiger partial charge in [0, 0.05) is 30.8 Å². The molecule has 1 aliphatic rings. The van der Waals surface area contributed by atoms with Gasteiger partial charge in [-0.2, -0.15) is 18.3 Å². The van der Waals surface area contributed by atoms with Crippen molar-refractivity contribution < 1.29 is 31.1 Å². The van der Waals surface area contributed by atoms with Crippen LogP contribution in [0.2, 0.25) is 0 Å². The molecule has 0 bridgehead atoms. The second kappa shape index (κ2) is 8.36.